The van der Waals surface area contributed by atoms with Gasteiger partial charge in [0.1, 0.15) is 0 Å². The van der Waals surface area contributed by atoms with Crippen LogP contribution in [0, 0.1) is 0 Å². The number of rotatable bonds is 3. The van der Waals surface area contributed by atoms with Gasteiger partial charge in [-0.05, 0) is 24.3 Å². The van der Waals surface area contributed by atoms with E-state index in [1.807, 2.05) is 18.2 Å². The van der Waals surface area contributed by atoms with Gasteiger partial charge in [-0.2, -0.15) is 0 Å². The van der Waals surface area contributed by atoms with Crippen molar-refractivity contribution in [3.05, 3.63) is 70.2 Å². The van der Waals surface area contributed by atoms with Crippen LogP contribution < -0.4 is 5.48 Å². The number of hydroxylamine groups is 1. The molecule has 0 aromatic heterocycles. The molecule has 5 nitrogen and oxygen atoms in total. The fourth-order valence-corrected chi connectivity index (χ4v) is 2.33. The van der Waals surface area contributed by atoms with Crippen molar-refractivity contribution in [2.24, 2.45) is 4.99 Å². The van der Waals surface area contributed by atoms with E-state index in [2.05, 4.69) is 15.2 Å². The van der Waals surface area contributed by atoms with Crippen LogP contribution in [0.1, 0.15) is 27.7 Å². The van der Waals surface area contributed by atoms with Gasteiger partial charge in [0.2, 0.25) is 6.23 Å². The van der Waals surface area contributed by atoms with Crippen LogP contribution in [0.4, 0.5) is 0 Å². The van der Waals surface area contributed by atoms with E-state index in [9.17, 15) is 4.79 Å². The molecule has 3 rings (SSSR count). The first-order chi connectivity index (χ1) is 10.7. The summed E-state index contributed by atoms with van der Waals surface area (Å²) in [5.74, 6) is 0.199. The lowest BCUT2D eigenvalue weighted by molar-refractivity contribution is 0.0376. The number of carbonyl (C=O) groups is 1. The molecule has 1 heterocycles. The van der Waals surface area contributed by atoms with Crippen LogP contribution in [0.5, 0.6) is 0 Å². The zero-order valence-corrected chi connectivity index (χ0v) is 12.5. The Bertz CT molecular complexity index is 728. The number of aliphatic imine (C=N–C) groups is 1. The second-order valence-corrected chi connectivity index (χ2v) is 5.05. The standard InChI is InChI=1S/C16H13ClN2O3/c1-21-16(20)11-8-6-10(7-9-11)15-18-14(19-22-15)12-4-2-3-5-13(12)17/h2-9,15H,1H3,(H,18,19)/t15-/m0/s1. The smallest absolute Gasteiger partial charge is 0.337 e. The molecular weight excluding hydrogens is 304 g/mol. The van der Waals surface area contributed by atoms with Crippen molar-refractivity contribution in [1.82, 2.24) is 5.48 Å². The molecule has 1 aliphatic heterocycles. The molecule has 0 fully saturated rings. The highest BCUT2D eigenvalue weighted by Crippen LogP contribution is 2.25. The van der Waals surface area contributed by atoms with Crippen LogP contribution >= 0.6 is 11.6 Å². The quantitative estimate of drug-likeness (QED) is 0.884. The molecule has 1 N–H and O–H groups in total. The Morgan fingerprint density at radius 3 is 2.64 bits per heavy atom. The Morgan fingerprint density at radius 2 is 1.95 bits per heavy atom. The average Bonchev–Trinajstić information content (AvgIpc) is 3.04. The van der Waals surface area contributed by atoms with E-state index in [0.29, 0.717) is 16.4 Å². The number of esters is 1. The normalized spacial score (nSPS) is 16.8. The lowest BCUT2D eigenvalue weighted by Gasteiger charge is -2.06. The Hall–Kier alpha value is -2.37. The van der Waals surface area contributed by atoms with Crippen molar-refractivity contribution in [2.45, 2.75) is 6.23 Å². The fraction of sp³-hybridized carbons (Fsp3) is 0.125. The van der Waals surface area contributed by atoms with Crippen molar-refractivity contribution in [1.29, 1.82) is 0 Å². The summed E-state index contributed by atoms with van der Waals surface area (Å²) in [6.45, 7) is 0. The first kappa shape index (κ1) is 14.6. The number of nitrogens with zero attached hydrogens (tertiary/aromatic N) is 1. The monoisotopic (exact) mass is 316 g/mol. The Morgan fingerprint density at radius 1 is 1.23 bits per heavy atom. The number of nitrogens with one attached hydrogen (secondary N) is 1. The van der Waals surface area contributed by atoms with E-state index >= 15 is 0 Å². The predicted octanol–water partition coefficient (Wildman–Crippen LogP) is 3.11. The molecule has 0 saturated heterocycles. The lowest BCUT2D eigenvalue weighted by atomic mass is 10.1. The summed E-state index contributed by atoms with van der Waals surface area (Å²) in [5.41, 5.74) is 4.86. The van der Waals surface area contributed by atoms with Gasteiger partial charge in [-0.1, -0.05) is 35.9 Å². The number of carbonyl (C=O) groups excluding carboxylic acids is 1. The van der Waals surface area contributed by atoms with Crippen LogP contribution in [-0.2, 0) is 9.57 Å². The average molecular weight is 317 g/mol. The van der Waals surface area contributed by atoms with Crippen molar-refractivity contribution in [3.8, 4) is 0 Å². The molecule has 1 aliphatic rings. The third-order valence-corrected chi connectivity index (χ3v) is 3.59. The number of amidine groups is 1. The Labute approximate surface area is 132 Å². The molecule has 0 spiro atoms. The summed E-state index contributed by atoms with van der Waals surface area (Å²) in [6, 6.07) is 14.3. The molecule has 6 heteroatoms. The number of hydrogen-bond acceptors (Lipinski definition) is 5. The molecule has 112 valence electrons. The van der Waals surface area contributed by atoms with E-state index in [1.165, 1.54) is 7.11 Å². The number of halogens is 1. The Kier molecular flexibility index (Phi) is 4.09. The van der Waals surface area contributed by atoms with Gasteiger partial charge in [-0.3, -0.25) is 0 Å². The highest BCUT2D eigenvalue weighted by molar-refractivity contribution is 6.34. The summed E-state index contributed by atoms with van der Waals surface area (Å²) < 4.78 is 4.66. The Balaban J connectivity index is 1.82. The van der Waals surface area contributed by atoms with Crippen LogP contribution in [0.15, 0.2) is 53.5 Å². The van der Waals surface area contributed by atoms with Gasteiger partial charge in [-0.25, -0.2) is 20.1 Å². The largest absolute Gasteiger partial charge is 0.465 e. The van der Waals surface area contributed by atoms with Crippen LogP contribution in [0.3, 0.4) is 0 Å². The molecule has 0 unspecified atom stereocenters. The van der Waals surface area contributed by atoms with Gasteiger partial charge >= 0.3 is 5.97 Å². The third kappa shape index (κ3) is 2.81. The van der Waals surface area contributed by atoms with Gasteiger partial charge < -0.3 is 4.74 Å². The van der Waals surface area contributed by atoms with Crippen molar-refractivity contribution >= 4 is 23.4 Å². The first-order valence-corrected chi connectivity index (χ1v) is 6.99. The minimum Gasteiger partial charge on any atom is -0.465 e. The highest BCUT2D eigenvalue weighted by atomic mass is 35.5. The van der Waals surface area contributed by atoms with Crippen molar-refractivity contribution < 1.29 is 14.4 Å². The summed E-state index contributed by atoms with van der Waals surface area (Å²) in [7, 11) is 1.35. The molecule has 2 aromatic carbocycles. The maximum absolute atomic E-state index is 11.4. The number of ether oxygens (including phenoxy) is 1. The van der Waals surface area contributed by atoms with E-state index in [4.69, 9.17) is 16.4 Å². The summed E-state index contributed by atoms with van der Waals surface area (Å²) in [6.07, 6.45) is -0.488. The van der Waals surface area contributed by atoms with E-state index in [1.54, 1.807) is 30.3 Å². The second kappa shape index (κ2) is 6.17. The predicted molar refractivity (Wildman–Crippen MR) is 82.7 cm³/mol. The molecule has 22 heavy (non-hydrogen) atoms. The molecule has 1 atom stereocenters. The van der Waals surface area contributed by atoms with Crippen LogP contribution in [-0.4, -0.2) is 18.9 Å². The minimum absolute atomic E-state index is 0.378. The number of benzene rings is 2. The van der Waals surface area contributed by atoms with Gasteiger partial charge in [0, 0.05) is 11.1 Å². The first-order valence-electron chi connectivity index (χ1n) is 6.61. The zero-order chi connectivity index (χ0) is 15.5. The number of methoxy groups -OCH3 is 1. The van der Waals surface area contributed by atoms with Crippen LogP contribution in [0.25, 0.3) is 0 Å². The van der Waals surface area contributed by atoms with Gasteiger partial charge in [0.15, 0.2) is 5.84 Å². The van der Waals surface area contributed by atoms with E-state index in [0.717, 1.165) is 11.1 Å². The van der Waals surface area contributed by atoms with Gasteiger partial charge in [-0.15, -0.1) is 0 Å². The van der Waals surface area contributed by atoms with Gasteiger partial charge in [0.05, 0.1) is 17.7 Å². The minimum atomic E-state index is -0.488. The zero-order valence-electron chi connectivity index (χ0n) is 11.7. The maximum Gasteiger partial charge on any atom is 0.337 e. The summed E-state index contributed by atoms with van der Waals surface area (Å²) >= 11 is 6.14. The third-order valence-electron chi connectivity index (χ3n) is 3.26. The molecular formula is C16H13ClN2O3. The molecule has 0 aliphatic carbocycles. The van der Waals surface area contributed by atoms with E-state index in [-0.39, 0.29) is 5.97 Å². The second-order valence-electron chi connectivity index (χ2n) is 4.64. The highest BCUT2D eigenvalue weighted by Gasteiger charge is 2.22. The van der Waals surface area contributed by atoms with Crippen LogP contribution in [0.2, 0.25) is 5.02 Å². The summed E-state index contributed by atoms with van der Waals surface area (Å²) in [4.78, 5) is 21.3. The fourth-order valence-electron chi connectivity index (χ4n) is 2.10. The summed E-state index contributed by atoms with van der Waals surface area (Å²) in [5, 5.41) is 0.596. The number of hydrogen-bond donors (Lipinski definition) is 1. The van der Waals surface area contributed by atoms with Gasteiger partial charge in [0.25, 0.3) is 0 Å². The van der Waals surface area contributed by atoms with E-state index < -0.39 is 6.23 Å². The molecule has 0 amide bonds. The SMILES string of the molecule is COC(=O)c1ccc([C@H]2N=C(c3ccccc3Cl)NO2)cc1. The maximum atomic E-state index is 11.4. The molecule has 0 bridgehead atoms. The molecule has 2 aromatic rings. The molecule has 0 radical (unpaired) electrons. The topological polar surface area (TPSA) is 59.9 Å². The molecule has 0 saturated carbocycles. The van der Waals surface area contributed by atoms with Crippen molar-refractivity contribution in [3.63, 3.8) is 0 Å². The lowest BCUT2D eigenvalue weighted by Crippen LogP contribution is -2.18. The van der Waals surface area contributed by atoms with Crippen molar-refractivity contribution in [2.75, 3.05) is 7.11 Å².